The Kier molecular flexibility index (Phi) is 4.22. The van der Waals surface area contributed by atoms with Crippen LogP contribution in [0.3, 0.4) is 0 Å². The molecule has 1 heterocycles. The van der Waals surface area contributed by atoms with Crippen molar-refractivity contribution in [1.29, 1.82) is 5.26 Å². The van der Waals surface area contributed by atoms with Crippen LogP contribution >= 0.6 is 0 Å². The first-order chi connectivity index (χ1) is 8.07. The van der Waals surface area contributed by atoms with Gasteiger partial charge in [0.2, 0.25) is 5.91 Å². The van der Waals surface area contributed by atoms with E-state index in [-0.39, 0.29) is 5.91 Å². The number of carbonyl (C=O) groups is 1. The molecular weight excluding hydrogens is 214 g/mol. The average Bonchev–Trinajstić information content (AvgIpc) is 2.32. The smallest absolute Gasteiger partial charge is 0.245 e. The molecule has 1 rings (SSSR count). The van der Waals surface area contributed by atoms with E-state index in [1.807, 2.05) is 26.8 Å². The summed E-state index contributed by atoms with van der Waals surface area (Å²) in [6.45, 7) is 5.61. The molecule has 0 aromatic carbocycles. The highest BCUT2D eigenvalue weighted by Gasteiger charge is 2.35. The summed E-state index contributed by atoms with van der Waals surface area (Å²) in [5.74, 6) is 0.222. The van der Waals surface area contributed by atoms with E-state index in [4.69, 9.17) is 5.26 Å². The molecule has 4 nitrogen and oxygen atoms in total. The molecule has 4 heteroatoms. The largest absolute Gasteiger partial charge is 0.309 e. The number of aryl methyl sites for hydroxylation is 1. The maximum Gasteiger partial charge on any atom is 0.245 e. The summed E-state index contributed by atoms with van der Waals surface area (Å²) in [6.07, 6.45) is 2.63. The van der Waals surface area contributed by atoms with Gasteiger partial charge in [-0.2, -0.15) is 5.26 Å². The lowest BCUT2D eigenvalue weighted by Gasteiger charge is -2.21. The van der Waals surface area contributed by atoms with E-state index in [0.717, 1.165) is 5.56 Å². The fourth-order valence-electron chi connectivity index (χ4n) is 1.62. The minimum Gasteiger partial charge on any atom is -0.309 e. The molecule has 0 atom stereocenters. The van der Waals surface area contributed by atoms with Gasteiger partial charge in [0, 0.05) is 6.20 Å². The van der Waals surface area contributed by atoms with E-state index in [9.17, 15) is 4.79 Å². The van der Waals surface area contributed by atoms with Gasteiger partial charge in [-0.15, -0.1) is 0 Å². The first kappa shape index (κ1) is 13.2. The SMILES string of the molecule is CCC(C#N)(CC)C(=O)Nc1cc(C)ccn1. The number of rotatable bonds is 4. The molecule has 1 N–H and O–H groups in total. The molecule has 0 spiro atoms. The highest BCUT2D eigenvalue weighted by Crippen LogP contribution is 2.26. The Hall–Kier alpha value is -1.89. The third kappa shape index (κ3) is 2.82. The second-order valence-corrected chi connectivity index (χ2v) is 4.07. The van der Waals surface area contributed by atoms with E-state index in [1.165, 1.54) is 0 Å². The van der Waals surface area contributed by atoms with Crippen LogP contribution in [0.25, 0.3) is 0 Å². The monoisotopic (exact) mass is 231 g/mol. The molecule has 17 heavy (non-hydrogen) atoms. The maximum atomic E-state index is 12.1. The summed E-state index contributed by atoms with van der Waals surface area (Å²) < 4.78 is 0. The van der Waals surface area contributed by atoms with Crippen molar-refractivity contribution in [2.45, 2.75) is 33.6 Å². The molecule has 90 valence electrons. The lowest BCUT2D eigenvalue weighted by Crippen LogP contribution is -2.34. The predicted octanol–water partition coefficient (Wildman–Crippen LogP) is 2.66. The maximum absolute atomic E-state index is 12.1. The van der Waals surface area contributed by atoms with E-state index in [0.29, 0.717) is 18.7 Å². The predicted molar refractivity (Wildman–Crippen MR) is 66.2 cm³/mol. The molecule has 1 aromatic rings. The molecule has 1 amide bonds. The molecule has 0 aliphatic carbocycles. The van der Waals surface area contributed by atoms with Gasteiger partial charge in [-0.3, -0.25) is 4.79 Å². The summed E-state index contributed by atoms with van der Waals surface area (Å²) >= 11 is 0. The number of nitrogens with zero attached hydrogens (tertiary/aromatic N) is 2. The fraction of sp³-hybridized carbons (Fsp3) is 0.462. The third-order valence-corrected chi connectivity index (χ3v) is 3.01. The third-order valence-electron chi connectivity index (χ3n) is 3.01. The number of hydrogen-bond acceptors (Lipinski definition) is 3. The zero-order valence-corrected chi connectivity index (χ0v) is 10.4. The van der Waals surface area contributed by atoms with Crippen LogP contribution in [-0.2, 0) is 4.79 Å². The van der Waals surface area contributed by atoms with Gasteiger partial charge in [0.1, 0.15) is 11.2 Å². The van der Waals surface area contributed by atoms with Crippen LogP contribution in [0, 0.1) is 23.7 Å². The molecule has 0 bridgehead atoms. The standard InChI is InChI=1S/C13H17N3O/c1-4-13(5-2,9-14)12(17)16-11-8-10(3)6-7-15-11/h6-8H,4-5H2,1-3H3,(H,15,16,17). The van der Waals surface area contributed by atoms with Gasteiger partial charge in [0.15, 0.2) is 0 Å². The number of amides is 1. The zero-order chi connectivity index (χ0) is 12.9. The molecule has 1 aromatic heterocycles. The molecule has 0 aliphatic heterocycles. The number of carbonyl (C=O) groups excluding carboxylic acids is 1. The van der Waals surface area contributed by atoms with Crippen LogP contribution in [-0.4, -0.2) is 10.9 Å². The Morgan fingerprint density at radius 3 is 2.65 bits per heavy atom. The Morgan fingerprint density at radius 1 is 1.53 bits per heavy atom. The van der Waals surface area contributed by atoms with Gasteiger partial charge < -0.3 is 5.32 Å². The fourth-order valence-corrected chi connectivity index (χ4v) is 1.62. The molecule has 0 unspecified atom stereocenters. The molecular formula is C13H17N3O. The number of anilines is 1. The van der Waals surface area contributed by atoms with Gasteiger partial charge in [-0.1, -0.05) is 13.8 Å². The highest BCUT2D eigenvalue weighted by molar-refractivity contribution is 5.96. The van der Waals surface area contributed by atoms with Crippen LogP contribution in [0.5, 0.6) is 0 Å². The number of aromatic nitrogens is 1. The van der Waals surface area contributed by atoms with Crippen LogP contribution < -0.4 is 5.32 Å². The summed E-state index contributed by atoms with van der Waals surface area (Å²) in [6, 6.07) is 5.75. The van der Waals surface area contributed by atoms with Crippen molar-refractivity contribution in [2.24, 2.45) is 5.41 Å². The molecule has 0 saturated carbocycles. The van der Waals surface area contributed by atoms with E-state index >= 15 is 0 Å². The zero-order valence-electron chi connectivity index (χ0n) is 10.4. The Bertz CT molecular complexity index is 444. The molecule has 0 fully saturated rings. The number of pyridine rings is 1. The van der Waals surface area contributed by atoms with Crippen LogP contribution in [0.4, 0.5) is 5.82 Å². The highest BCUT2D eigenvalue weighted by atomic mass is 16.2. The Morgan fingerprint density at radius 2 is 2.18 bits per heavy atom. The second kappa shape index (κ2) is 5.44. The summed E-state index contributed by atoms with van der Waals surface area (Å²) in [5.41, 5.74) is 0.0664. The van der Waals surface area contributed by atoms with Gasteiger partial charge in [0.25, 0.3) is 0 Å². The van der Waals surface area contributed by atoms with Gasteiger partial charge in [0.05, 0.1) is 6.07 Å². The first-order valence-corrected chi connectivity index (χ1v) is 5.73. The van der Waals surface area contributed by atoms with Crippen LogP contribution in [0.1, 0.15) is 32.3 Å². The van der Waals surface area contributed by atoms with Crippen molar-refractivity contribution >= 4 is 11.7 Å². The van der Waals surface area contributed by atoms with E-state index < -0.39 is 5.41 Å². The minimum atomic E-state index is -0.953. The topological polar surface area (TPSA) is 65.8 Å². The van der Waals surface area contributed by atoms with Crippen molar-refractivity contribution in [3.63, 3.8) is 0 Å². The molecule has 0 saturated heterocycles. The minimum absolute atomic E-state index is 0.275. The van der Waals surface area contributed by atoms with E-state index in [1.54, 1.807) is 12.3 Å². The van der Waals surface area contributed by atoms with E-state index in [2.05, 4.69) is 16.4 Å². The summed E-state index contributed by atoms with van der Waals surface area (Å²) in [5, 5.41) is 11.9. The average molecular weight is 231 g/mol. The van der Waals surface area contributed by atoms with Crippen molar-refractivity contribution in [2.75, 3.05) is 5.32 Å². The van der Waals surface area contributed by atoms with Gasteiger partial charge in [-0.05, 0) is 37.5 Å². The van der Waals surface area contributed by atoms with Gasteiger partial charge >= 0.3 is 0 Å². The quantitative estimate of drug-likeness (QED) is 0.866. The number of nitriles is 1. The molecule has 0 radical (unpaired) electrons. The Balaban J connectivity index is 2.89. The molecule has 0 aliphatic rings. The van der Waals surface area contributed by atoms with Crippen LogP contribution in [0.15, 0.2) is 18.3 Å². The lowest BCUT2D eigenvalue weighted by molar-refractivity contribution is -0.123. The second-order valence-electron chi connectivity index (χ2n) is 4.07. The lowest BCUT2D eigenvalue weighted by atomic mass is 9.83. The summed E-state index contributed by atoms with van der Waals surface area (Å²) in [7, 11) is 0. The van der Waals surface area contributed by atoms with Gasteiger partial charge in [-0.25, -0.2) is 4.98 Å². The van der Waals surface area contributed by atoms with Crippen molar-refractivity contribution in [3.05, 3.63) is 23.9 Å². The van der Waals surface area contributed by atoms with Crippen LogP contribution in [0.2, 0.25) is 0 Å². The summed E-state index contributed by atoms with van der Waals surface area (Å²) in [4.78, 5) is 16.1. The van der Waals surface area contributed by atoms with Crippen molar-refractivity contribution in [3.8, 4) is 6.07 Å². The first-order valence-electron chi connectivity index (χ1n) is 5.73. The number of hydrogen-bond donors (Lipinski definition) is 1. The van der Waals surface area contributed by atoms with Crippen molar-refractivity contribution in [1.82, 2.24) is 4.98 Å². The normalized spacial score (nSPS) is 10.7. The van der Waals surface area contributed by atoms with Crippen molar-refractivity contribution < 1.29 is 4.79 Å². The Labute approximate surface area is 102 Å². The number of nitrogens with one attached hydrogen (secondary N) is 1.